The molecule has 2 aliphatic heterocycles. The fraction of sp³-hybridized carbons (Fsp3) is 0.727. The summed E-state index contributed by atoms with van der Waals surface area (Å²) in [6, 6.07) is 4.74. The molecule has 27 heavy (non-hydrogen) atoms. The standard InChI is InChI=1S/C22H36N4O/c1-22(2,3)16-25-21(27)8-4-7-20-19-10-18(12-24-20)14-26(15-19)13-17-6-5-9-23-11-17/h5-6,9,11,18-20,24H,4,7-8,10,12-16H2,1-3H3,(H,25,27)/t18-,19+,20+/m0/s1. The van der Waals surface area contributed by atoms with Gasteiger partial charge < -0.3 is 10.6 Å². The lowest BCUT2D eigenvalue weighted by Gasteiger charge is -2.46. The summed E-state index contributed by atoms with van der Waals surface area (Å²) in [5.41, 5.74) is 1.45. The Balaban J connectivity index is 1.42. The normalized spacial score (nSPS) is 26.0. The number of nitrogens with one attached hydrogen (secondary N) is 2. The third-order valence-electron chi connectivity index (χ3n) is 5.75. The van der Waals surface area contributed by atoms with Crippen LogP contribution in [-0.2, 0) is 11.3 Å². The van der Waals surface area contributed by atoms with Gasteiger partial charge >= 0.3 is 0 Å². The Bertz CT molecular complexity index is 598. The van der Waals surface area contributed by atoms with E-state index >= 15 is 0 Å². The van der Waals surface area contributed by atoms with Crippen LogP contribution in [0, 0.1) is 17.3 Å². The van der Waals surface area contributed by atoms with Gasteiger partial charge in [0, 0.05) is 51.0 Å². The van der Waals surface area contributed by atoms with Crippen LogP contribution in [0.4, 0.5) is 0 Å². The van der Waals surface area contributed by atoms with Gasteiger partial charge in [0.15, 0.2) is 0 Å². The molecule has 0 radical (unpaired) electrons. The van der Waals surface area contributed by atoms with E-state index in [0.717, 1.165) is 44.9 Å². The summed E-state index contributed by atoms with van der Waals surface area (Å²) in [4.78, 5) is 18.9. The summed E-state index contributed by atoms with van der Waals surface area (Å²) < 4.78 is 0. The highest BCUT2D eigenvalue weighted by Crippen LogP contribution is 2.31. The van der Waals surface area contributed by atoms with Crippen molar-refractivity contribution in [1.82, 2.24) is 20.5 Å². The van der Waals surface area contributed by atoms with Crippen molar-refractivity contribution in [1.29, 1.82) is 0 Å². The number of piperidine rings is 2. The summed E-state index contributed by atoms with van der Waals surface area (Å²) in [6.45, 7) is 11.6. The van der Waals surface area contributed by atoms with Crippen molar-refractivity contribution in [2.75, 3.05) is 26.2 Å². The zero-order valence-corrected chi connectivity index (χ0v) is 17.2. The molecule has 5 heteroatoms. The van der Waals surface area contributed by atoms with Crippen molar-refractivity contribution in [2.45, 2.75) is 59.0 Å². The molecule has 2 N–H and O–H groups in total. The Kier molecular flexibility index (Phi) is 6.88. The Morgan fingerprint density at radius 3 is 2.96 bits per heavy atom. The Labute approximate surface area is 164 Å². The van der Waals surface area contributed by atoms with Crippen LogP contribution in [0.1, 0.15) is 52.0 Å². The molecule has 2 saturated heterocycles. The Morgan fingerprint density at radius 1 is 1.37 bits per heavy atom. The average Bonchev–Trinajstić information content (AvgIpc) is 2.62. The van der Waals surface area contributed by atoms with Crippen LogP contribution in [-0.4, -0.2) is 48.0 Å². The van der Waals surface area contributed by atoms with Gasteiger partial charge in [-0.2, -0.15) is 0 Å². The highest BCUT2D eigenvalue weighted by molar-refractivity contribution is 5.75. The minimum atomic E-state index is 0.148. The van der Waals surface area contributed by atoms with Gasteiger partial charge in [0.2, 0.25) is 5.91 Å². The molecule has 2 aliphatic rings. The molecule has 1 aromatic heterocycles. The van der Waals surface area contributed by atoms with Gasteiger partial charge in [-0.05, 0) is 54.7 Å². The first kappa shape index (κ1) is 20.3. The van der Waals surface area contributed by atoms with Crippen LogP contribution in [0.2, 0.25) is 0 Å². The first-order valence-electron chi connectivity index (χ1n) is 10.5. The maximum Gasteiger partial charge on any atom is 0.220 e. The molecule has 3 heterocycles. The number of amides is 1. The highest BCUT2D eigenvalue weighted by Gasteiger charge is 2.36. The fourth-order valence-corrected chi connectivity index (χ4v) is 4.42. The second-order valence-corrected chi connectivity index (χ2v) is 9.66. The highest BCUT2D eigenvalue weighted by atomic mass is 16.1. The molecule has 0 unspecified atom stereocenters. The van der Waals surface area contributed by atoms with Crippen molar-refractivity contribution in [2.24, 2.45) is 17.3 Å². The molecule has 1 aromatic rings. The lowest BCUT2D eigenvalue weighted by atomic mass is 9.79. The van der Waals surface area contributed by atoms with Crippen LogP contribution < -0.4 is 10.6 Å². The SMILES string of the molecule is CC(C)(C)CNC(=O)CCC[C@H]1NC[C@@H]2C[C@@H]1CN(Cc1cccnc1)C2. The van der Waals surface area contributed by atoms with E-state index in [1.807, 2.05) is 18.5 Å². The molecule has 2 fully saturated rings. The Hall–Kier alpha value is -1.46. The van der Waals surface area contributed by atoms with Crippen LogP contribution in [0.25, 0.3) is 0 Å². The van der Waals surface area contributed by atoms with E-state index in [-0.39, 0.29) is 11.3 Å². The summed E-state index contributed by atoms with van der Waals surface area (Å²) in [5.74, 6) is 1.65. The van der Waals surface area contributed by atoms with Crippen molar-refractivity contribution >= 4 is 5.91 Å². The quantitative estimate of drug-likeness (QED) is 0.773. The third kappa shape index (κ3) is 6.58. The number of hydrogen-bond acceptors (Lipinski definition) is 4. The number of fused-ring (bicyclic) bond motifs is 2. The largest absolute Gasteiger partial charge is 0.356 e. The summed E-state index contributed by atoms with van der Waals surface area (Å²) in [7, 11) is 0. The van der Waals surface area contributed by atoms with Gasteiger partial charge in [-0.25, -0.2) is 0 Å². The monoisotopic (exact) mass is 372 g/mol. The Morgan fingerprint density at radius 2 is 2.22 bits per heavy atom. The smallest absolute Gasteiger partial charge is 0.220 e. The fourth-order valence-electron chi connectivity index (χ4n) is 4.42. The molecule has 150 valence electrons. The molecular weight excluding hydrogens is 336 g/mol. The summed E-state index contributed by atoms with van der Waals surface area (Å²) in [5, 5.41) is 6.83. The topological polar surface area (TPSA) is 57.3 Å². The molecule has 1 amide bonds. The molecule has 0 aliphatic carbocycles. The van der Waals surface area contributed by atoms with E-state index in [0.29, 0.717) is 18.4 Å². The lowest BCUT2D eigenvalue weighted by Crippen LogP contribution is -2.55. The first-order chi connectivity index (χ1) is 12.9. The maximum atomic E-state index is 12.1. The summed E-state index contributed by atoms with van der Waals surface area (Å²) in [6.07, 6.45) is 7.86. The minimum absolute atomic E-state index is 0.148. The van der Waals surface area contributed by atoms with Crippen LogP contribution in [0.5, 0.6) is 0 Å². The maximum absolute atomic E-state index is 12.1. The number of hydrogen-bond donors (Lipinski definition) is 2. The zero-order valence-electron chi connectivity index (χ0n) is 17.2. The molecule has 0 spiro atoms. The van der Waals surface area contributed by atoms with Crippen molar-refractivity contribution in [3.63, 3.8) is 0 Å². The van der Waals surface area contributed by atoms with Gasteiger partial charge in [0.1, 0.15) is 0 Å². The van der Waals surface area contributed by atoms with Gasteiger partial charge in [0.25, 0.3) is 0 Å². The third-order valence-corrected chi connectivity index (χ3v) is 5.75. The lowest BCUT2D eigenvalue weighted by molar-refractivity contribution is -0.121. The van der Waals surface area contributed by atoms with Gasteiger partial charge in [-0.1, -0.05) is 26.8 Å². The number of nitrogens with zero attached hydrogens (tertiary/aromatic N) is 2. The second-order valence-electron chi connectivity index (χ2n) is 9.66. The minimum Gasteiger partial charge on any atom is -0.356 e. The zero-order chi connectivity index (χ0) is 19.3. The number of likely N-dealkylation sites (tertiary alicyclic amines) is 1. The molecular formula is C22H36N4O. The van der Waals surface area contributed by atoms with Gasteiger partial charge in [-0.3, -0.25) is 14.7 Å². The second kappa shape index (κ2) is 9.16. The van der Waals surface area contributed by atoms with E-state index in [2.05, 4.69) is 47.4 Å². The molecule has 5 nitrogen and oxygen atoms in total. The van der Waals surface area contributed by atoms with Crippen LogP contribution in [0.15, 0.2) is 24.5 Å². The van der Waals surface area contributed by atoms with E-state index < -0.39 is 0 Å². The number of pyridine rings is 1. The van der Waals surface area contributed by atoms with Crippen molar-refractivity contribution in [3.05, 3.63) is 30.1 Å². The molecule has 3 atom stereocenters. The van der Waals surface area contributed by atoms with E-state index in [9.17, 15) is 4.79 Å². The van der Waals surface area contributed by atoms with Crippen molar-refractivity contribution < 1.29 is 4.79 Å². The summed E-state index contributed by atoms with van der Waals surface area (Å²) >= 11 is 0. The number of carbonyl (C=O) groups is 1. The predicted octanol–water partition coefficient (Wildman–Crippen LogP) is 2.82. The van der Waals surface area contributed by atoms with Crippen LogP contribution >= 0.6 is 0 Å². The molecule has 0 aromatic carbocycles. The van der Waals surface area contributed by atoms with Crippen LogP contribution in [0.3, 0.4) is 0 Å². The number of aromatic nitrogens is 1. The van der Waals surface area contributed by atoms with E-state index in [1.165, 1.54) is 18.5 Å². The average molecular weight is 373 g/mol. The number of rotatable bonds is 7. The van der Waals surface area contributed by atoms with Gasteiger partial charge in [-0.15, -0.1) is 0 Å². The van der Waals surface area contributed by atoms with E-state index in [4.69, 9.17) is 0 Å². The van der Waals surface area contributed by atoms with Gasteiger partial charge in [0.05, 0.1) is 0 Å². The molecule has 3 rings (SSSR count). The predicted molar refractivity (Wildman–Crippen MR) is 109 cm³/mol. The number of carbonyl (C=O) groups excluding carboxylic acids is 1. The van der Waals surface area contributed by atoms with E-state index in [1.54, 1.807) is 0 Å². The van der Waals surface area contributed by atoms with Crippen molar-refractivity contribution in [3.8, 4) is 0 Å². The first-order valence-corrected chi connectivity index (χ1v) is 10.5. The molecule has 2 bridgehead atoms. The molecule has 0 saturated carbocycles.